The van der Waals surface area contributed by atoms with Crippen LogP contribution in [0.4, 0.5) is 11.5 Å². The number of carbonyl (C=O) groups is 1. The first-order valence-corrected chi connectivity index (χ1v) is 12.9. The summed E-state index contributed by atoms with van der Waals surface area (Å²) in [5.41, 5.74) is 3.72. The zero-order valence-electron chi connectivity index (χ0n) is 20.4. The van der Waals surface area contributed by atoms with E-state index in [-0.39, 0.29) is 11.9 Å². The molecule has 0 bridgehead atoms. The Morgan fingerprint density at radius 2 is 1.61 bits per heavy atom. The molecule has 1 N–H and O–H groups in total. The third kappa shape index (κ3) is 5.16. The number of anilines is 2. The Kier molecular flexibility index (Phi) is 7.09. The van der Waals surface area contributed by atoms with Crippen molar-refractivity contribution < 1.29 is 9.53 Å². The van der Waals surface area contributed by atoms with Crippen molar-refractivity contribution in [1.29, 1.82) is 0 Å². The van der Waals surface area contributed by atoms with Gasteiger partial charge in [-0.2, -0.15) is 0 Å². The molecule has 1 amide bonds. The molecule has 1 unspecified atom stereocenters. The van der Waals surface area contributed by atoms with E-state index in [2.05, 4.69) is 43.2 Å². The van der Waals surface area contributed by atoms with E-state index < -0.39 is 0 Å². The molecule has 7 heteroatoms. The Balaban J connectivity index is 1.35. The Morgan fingerprint density at radius 3 is 2.31 bits per heavy atom. The largest absolute Gasteiger partial charge is 0.497 e. The number of benzene rings is 3. The summed E-state index contributed by atoms with van der Waals surface area (Å²) in [5.74, 6) is 1.60. The molecule has 1 saturated heterocycles. The minimum Gasteiger partial charge on any atom is -0.497 e. The topological polar surface area (TPSA) is 57.7 Å². The highest BCUT2D eigenvalue weighted by molar-refractivity contribution is 9.10. The van der Waals surface area contributed by atoms with Crippen LogP contribution in [0.25, 0.3) is 10.9 Å². The molecule has 1 aromatic heterocycles. The number of methoxy groups -OCH3 is 1. The van der Waals surface area contributed by atoms with Gasteiger partial charge in [-0.25, -0.2) is 4.98 Å². The van der Waals surface area contributed by atoms with Crippen LogP contribution >= 0.6 is 15.9 Å². The van der Waals surface area contributed by atoms with Gasteiger partial charge in [-0.1, -0.05) is 46.3 Å². The van der Waals surface area contributed by atoms with Crippen molar-refractivity contribution in [2.75, 3.05) is 43.1 Å². The zero-order chi connectivity index (χ0) is 25.1. The van der Waals surface area contributed by atoms with Gasteiger partial charge in [-0.05, 0) is 61.0 Å². The fraction of sp³-hybridized carbons (Fsp3) is 0.241. The summed E-state index contributed by atoms with van der Waals surface area (Å²) in [6.45, 7) is 5.41. The third-order valence-corrected chi connectivity index (χ3v) is 7.23. The van der Waals surface area contributed by atoms with E-state index in [0.717, 1.165) is 58.7 Å². The van der Waals surface area contributed by atoms with Crippen LogP contribution < -0.4 is 19.9 Å². The molecule has 1 aliphatic rings. The number of halogens is 1. The molecule has 1 aliphatic heterocycles. The van der Waals surface area contributed by atoms with Crippen molar-refractivity contribution in [3.8, 4) is 5.75 Å². The minimum absolute atomic E-state index is 0.0952. The number of nitrogens with zero attached hydrogens (tertiary/aromatic N) is 3. The van der Waals surface area contributed by atoms with Crippen LogP contribution in [0.1, 0.15) is 28.9 Å². The molecule has 4 aromatic rings. The van der Waals surface area contributed by atoms with Gasteiger partial charge in [-0.15, -0.1) is 0 Å². The van der Waals surface area contributed by atoms with Gasteiger partial charge in [0.05, 0.1) is 24.2 Å². The lowest BCUT2D eigenvalue weighted by atomic mass is 10.1. The van der Waals surface area contributed by atoms with Crippen molar-refractivity contribution in [3.05, 3.63) is 94.5 Å². The smallest absolute Gasteiger partial charge is 0.252 e. The Bertz CT molecular complexity index is 1350. The molecule has 6 nitrogen and oxygen atoms in total. The Morgan fingerprint density at radius 1 is 0.944 bits per heavy atom. The first kappa shape index (κ1) is 24.1. The van der Waals surface area contributed by atoms with E-state index in [0.29, 0.717) is 5.56 Å². The molecule has 0 aliphatic carbocycles. The fourth-order valence-corrected chi connectivity index (χ4v) is 4.87. The predicted octanol–water partition coefficient (Wildman–Crippen LogP) is 5.82. The number of hydrogen-bond donors (Lipinski definition) is 1. The van der Waals surface area contributed by atoms with Crippen LogP contribution in [0.5, 0.6) is 5.75 Å². The van der Waals surface area contributed by atoms with Crippen LogP contribution in [0, 0.1) is 0 Å². The molecule has 0 spiro atoms. The second-order valence-electron chi connectivity index (χ2n) is 8.96. The summed E-state index contributed by atoms with van der Waals surface area (Å²) in [7, 11) is 1.68. The molecule has 2 heterocycles. The maximum Gasteiger partial charge on any atom is 0.252 e. The molecular formula is C29H29BrN4O2. The van der Waals surface area contributed by atoms with E-state index in [1.54, 1.807) is 7.11 Å². The summed E-state index contributed by atoms with van der Waals surface area (Å²) in [6, 6.07) is 25.9. The summed E-state index contributed by atoms with van der Waals surface area (Å²) >= 11 is 3.47. The quantitative estimate of drug-likeness (QED) is 0.331. The number of carbonyl (C=O) groups excluding carboxylic acids is 1. The van der Waals surface area contributed by atoms with Gasteiger partial charge in [0.15, 0.2) is 0 Å². The van der Waals surface area contributed by atoms with Gasteiger partial charge in [-0.3, -0.25) is 4.79 Å². The van der Waals surface area contributed by atoms with Gasteiger partial charge >= 0.3 is 0 Å². The van der Waals surface area contributed by atoms with Gasteiger partial charge < -0.3 is 19.9 Å². The van der Waals surface area contributed by atoms with Crippen molar-refractivity contribution in [2.24, 2.45) is 0 Å². The number of para-hydroxylation sites is 1. The molecule has 1 fully saturated rings. The van der Waals surface area contributed by atoms with E-state index >= 15 is 0 Å². The maximum atomic E-state index is 13.4. The Hall–Kier alpha value is -3.58. The molecule has 0 saturated carbocycles. The number of hydrogen-bond acceptors (Lipinski definition) is 5. The van der Waals surface area contributed by atoms with Crippen molar-refractivity contribution in [1.82, 2.24) is 10.3 Å². The van der Waals surface area contributed by atoms with Crippen LogP contribution in [0.3, 0.4) is 0 Å². The molecule has 36 heavy (non-hydrogen) atoms. The second kappa shape index (κ2) is 10.6. The zero-order valence-corrected chi connectivity index (χ0v) is 22.0. The average molecular weight is 545 g/mol. The molecule has 5 rings (SSSR count). The highest BCUT2D eigenvalue weighted by Gasteiger charge is 2.22. The summed E-state index contributed by atoms with van der Waals surface area (Å²) in [5, 5.41) is 4.03. The average Bonchev–Trinajstić information content (AvgIpc) is 2.93. The van der Waals surface area contributed by atoms with E-state index in [1.807, 2.05) is 73.7 Å². The predicted molar refractivity (Wildman–Crippen MR) is 149 cm³/mol. The molecule has 184 valence electrons. The lowest BCUT2D eigenvalue weighted by molar-refractivity contribution is 0.0941. The van der Waals surface area contributed by atoms with Crippen LogP contribution in [-0.4, -0.2) is 44.2 Å². The molecule has 0 radical (unpaired) electrons. The number of piperazine rings is 1. The van der Waals surface area contributed by atoms with Crippen molar-refractivity contribution >= 4 is 44.2 Å². The fourth-order valence-electron chi connectivity index (χ4n) is 4.61. The number of aromatic nitrogens is 1. The lowest BCUT2D eigenvalue weighted by Crippen LogP contribution is -2.47. The molecular weight excluding hydrogens is 516 g/mol. The molecule has 3 aromatic carbocycles. The first-order chi connectivity index (χ1) is 17.5. The van der Waals surface area contributed by atoms with E-state index in [4.69, 9.17) is 9.72 Å². The maximum absolute atomic E-state index is 13.4. The summed E-state index contributed by atoms with van der Waals surface area (Å²) in [6.07, 6.45) is 0. The van der Waals surface area contributed by atoms with Crippen LogP contribution in [0.2, 0.25) is 0 Å². The van der Waals surface area contributed by atoms with Gasteiger partial charge in [0.25, 0.3) is 5.91 Å². The molecule has 1 atom stereocenters. The number of fused-ring (bicyclic) bond motifs is 1. The first-order valence-electron chi connectivity index (χ1n) is 12.1. The van der Waals surface area contributed by atoms with E-state index in [1.165, 1.54) is 5.69 Å². The van der Waals surface area contributed by atoms with Crippen molar-refractivity contribution in [3.63, 3.8) is 0 Å². The third-order valence-electron chi connectivity index (χ3n) is 6.71. The normalized spacial score (nSPS) is 14.5. The number of ether oxygens (including phenoxy) is 1. The summed E-state index contributed by atoms with van der Waals surface area (Å²) < 4.78 is 6.30. The number of amides is 1. The second-order valence-corrected chi connectivity index (χ2v) is 9.88. The van der Waals surface area contributed by atoms with Gasteiger partial charge in [0, 0.05) is 41.7 Å². The van der Waals surface area contributed by atoms with Gasteiger partial charge in [0.1, 0.15) is 11.6 Å². The number of pyridine rings is 1. The summed E-state index contributed by atoms with van der Waals surface area (Å²) in [4.78, 5) is 23.0. The standard InChI is InChI=1S/C29H29BrN4O2/c1-20(21-7-9-22(30)10-8-21)31-29(35)26-19-28(32-27-6-4-3-5-25(26)27)34-17-15-33(16-18-34)23-11-13-24(36-2)14-12-23/h3-14,19-20H,15-18H2,1-2H3,(H,31,35). The van der Waals surface area contributed by atoms with Crippen LogP contribution in [0.15, 0.2) is 83.3 Å². The number of nitrogens with one attached hydrogen (secondary N) is 1. The van der Waals surface area contributed by atoms with Crippen LogP contribution in [-0.2, 0) is 0 Å². The van der Waals surface area contributed by atoms with E-state index in [9.17, 15) is 4.79 Å². The monoisotopic (exact) mass is 544 g/mol. The number of rotatable bonds is 6. The van der Waals surface area contributed by atoms with Gasteiger partial charge in [0.2, 0.25) is 0 Å². The highest BCUT2D eigenvalue weighted by atomic mass is 79.9. The minimum atomic E-state index is -0.117. The highest BCUT2D eigenvalue weighted by Crippen LogP contribution is 2.27. The Labute approximate surface area is 220 Å². The van der Waals surface area contributed by atoms with Crippen molar-refractivity contribution in [2.45, 2.75) is 13.0 Å². The lowest BCUT2D eigenvalue weighted by Gasteiger charge is -2.37. The SMILES string of the molecule is COc1ccc(N2CCN(c3cc(C(=O)NC(C)c4ccc(Br)cc4)c4ccccc4n3)CC2)cc1.